The van der Waals surface area contributed by atoms with Crippen molar-refractivity contribution in [3.63, 3.8) is 0 Å². The fourth-order valence-electron chi connectivity index (χ4n) is 0.866. The van der Waals surface area contributed by atoms with E-state index < -0.39 is 0 Å². The van der Waals surface area contributed by atoms with E-state index in [1.54, 1.807) is 0 Å². The summed E-state index contributed by atoms with van der Waals surface area (Å²) in [5, 5.41) is 0.879. The summed E-state index contributed by atoms with van der Waals surface area (Å²) in [4.78, 5) is 0. The number of hydrogen-bond acceptors (Lipinski definition) is 1. The van der Waals surface area contributed by atoms with Gasteiger partial charge >= 0.3 is 0 Å². The molecule has 60 valence electrons. The summed E-state index contributed by atoms with van der Waals surface area (Å²) < 4.78 is 0. The Labute approximate surface area is 75.8 Å². The van der Waals surface area contributed by atoms with Crippen LogP contribution in [0.1, 0.15) is 6.92 Å². The first-order valence-electron chi connectivity index (χ1n) is 3.56. The highest BCUT2D eigenvalue weighted by atomic mass is 79.9. The van der Waals surface area contributed by atoms with E-state index >= 15 is 0 Å². The van der Waals surface area contributed by atoms with Crippen LogP contribution in [0, 0.1) is 0 Å². The van der Waals surface area contributed by atoms with Crippen LogP contribution in [-0.4, -0.2) is 10.9 Å². The Morgan fingerprint density at radius 2 is 2.27 bits per heavy atom. The molecule has 0 aromatic heterocycles. The smallest absolute Gasteiger partial charge is 0.0502 e. The van der Waals surface area contributed by atoms with Crippen LogP contribution in [0.15, 0.2) is 36.0 Å². The first-order chi connectivity index (χ1) is 5.14. The van der Waals surface area contributed by atoms with Crippen molar-refractivity contribution in [2.45, 2.75) is 12.5 Å². The second-order valence-corrected chi connectivity index (χ2v) is 3.49. The molecule has 0 fully saturated rings. The first-order valence-corrected chi connectivity index (χ1v) is 4.69. The van der Waals surface area contributed by atoms with Crippen LogP contribution >= 0.6 is 15.9 Å². The standard InChI is InChI=1S/C9H12BrN/c1-9(11)5-2-3-8(7-10)4-6-9/h2-6H,7,11H2,1H3. The molecule has 0 radical (unpaired) electrons. The van der Waals surface area contributed by atoms with Crippen molar-refractivity contribution in [2.24, 2.45) is 5.73 Å². The van der Waals surface area contributed by atoms with E-state index in [0.717, 1.165) is 5.33 Å². The monoisotopic (exact) mass is 213 g/mol. The third-order valence-corrected chi connectivity index (χ3v) is 2.22. The van der Waals surface area contributed by atoms with Gasteiger partial charge in [0.05, 0.1) is 5.54 Å². The van der Waals surface area contributed by atoms with Crippen molar-refractivity contribution < 1.29 is 0 Å². The normalized spacial score (nSPS) is 29.9. The van der Waals surface area contributed by atoms with Gasteiger partial charge in [-0.3, -0.25) is 0 Å². The zero-order chi connectivity index (χ0) is 8.32. The van der Waals surface area contributed by atoms with Crippen LogP contribution in [-0.2, 0) is 0 Å². The number of alkyl halides is 1. The molecule has 1 nitrogen and oxygen atoms in total. The highest BCUT2D eigenvalue weighted by molar-refractivity contribution is 9.09. The maximum Gasteiger partial charge on any atom is 0.0502 e. The van der Waals surface area contributed by atoms with E-state index in [4.69, 9.17) is 5.73 Å². The van der Waals surface area contributed by atoms with Crippen molar-refractivity contribution in [3.05, 3.63) is 36.0 Å². The molecule has 0 aromatic carbocycles. The Hall–Kier alpha value is -0.340. The van der Waals surface area contributed by atoms with Gasteiger partial charge < -0.3 is 5.73 Å². The lowest BCUT2D eigenvalue weighted by molar-refractivity contribution is 0.736. The molecule has 1 atom stereocenters. The van der Waals surface area contributed by atoms with Crippen LogP contribution in [0.2, 0.25) is 0 Å². The molecule has 0 aromatic rings. The Morgan fingerprint density at radius 3 is 2.91 bits per heavy atom. The lowest BCUT2D eigenvalue weighted by Gasteiger charge is -2.12. The lowest BCUT2D eigenvalue weighted by Crippen LogP contribution is -2.30. The van der Waals surface area contributed by atoms with Gasteiger partial charge in [0.25, 0.3) is 0 Å². The zero-order valence-corrected chi connectivity index (χ0v) is 8.14. The predicted octanol–water partition coefficient (Wildman–Crippen LogP) is 2.15. The highest BCUT2D eigenvalue weighted by Crippen LogP contribution is 2.12. The summed E-state index contributed by atoms with van der Waals surface area (Å²) >= 11 is 3.39. The molecule has 0 amide bonds. The minimum atomic E-state index is -0.291. The van der Waals surface area contributed by atoms with Gasteiger partial charge in [0.2, 0.25) is 0 Å². The van der Waals surface area contributed by atoms with Gasteiger partial charge in [-0.05, 0) is 12.5 Å². The number of hydrogen-bond donors (Lipinski definition) is 1. The lowest BCUT2D eigenvalue weighted by atomic mass is 10.0. The summed E-state index contributed by atoms with van der Waals surface area (Å²) in [7, 11) is 0. The van der Waals surface area contributed by atoms with E-state index in [1.165, 1.54) is 5.57 Å². The van der Waals surface area contributed by atoms with Gasteiger partial charge in [-0.15, -0.1) is 0 Å². The second kappa shape index (κ2) is 3.37. The number of allylic oxidation sites excluding steroid dienone is 4. The molecule has 1 rings (SSSR count). The van der Waals surface area contributed by atoms with E-state index in [9.17, 15) is 0 Å². The average Bonchev–Trinajstić information content (AvgIpc) is 2.10. The molecule has 0 aliphatic heterocycles. The molecule has 0 saturated carbocycles. The van der Waals surface area contributed by atoms with E-state index in [2.05, 4.69) is 28.1 Å². The number of rotatable bonds is 1. The highest BCUT2D eigenvalue weighted by Gasteiger charge is 2.09. The summed E-state index contributed by atoms with van der Waals surface area (Å²) in [6, 6.07) is 0. The Balaban J connectivity index is 2.83. The Kier molecular flexibility index (Phi) is 2.68. The zero-order valence-electron chi connectivity index (χ0n) is 6.55. The second-order valence-electron chi connectivity index (χ2n) is 2.93. The summed E-state index contributed by atoms with van der Waals surface area (Å²) in [5.74, 6) is 0. The molecular weight excluding hydrogens is 202 g/mol. The topological polar surface area (TPSA) is 26.0 Å². The van der Waals surface area contributed by atoms with Gasteiger partial charge in [0.15, 0.2) is 0 Å². The molecule has 1 aliphatic rings. The van der Waals surface area contributed by atoms with Crippen molar-refractivity contribution in [1.82, 2.24) is 0 Å². The van der Waals surface area contributed by atoms with Crippen LogP contribution in [0.25, 0.3) is 0 Å². The molecule has 0 bridgehead atoms. The first kappa shape index (κ1) is 8.75. The van der Waals surface area contributed by atoms with Crippen molar-refractivity contribution in [2.75, 3.05) is 5.33 Å². The van der Waals surface area contributed by atoms with Gasteiger partial charge in [0, 0.05) is 5.33 Å². The molecule has 11 heavy (non-hydrogen) atoms. The van der Waals surface area contributed by atoms with Crippen molar-refractivity contribution in [3.8, 4) is 0 Å². The Morgan fingerprint density at radius 1 is 1.55 bits per heavy atom. The quantitative estimate of drug-likeness (QED) is 0.665. The fourth-order valence-corrected chi connectivity index (χ4v) is 1.24. The molecule has 0 saturated heterocycles. The number of halogens is 1. The third-order valence-electron chi connectivity index (χ3n) is 1.58. The van der Waals surface area contributed by atoms with Crippen molar-refractivity contribution >= 4 is 15.9 Å². The summed E-state index contributed by atoms with van der Waals surface area (Å²) in [6.45, 7) is 1.98. The molecular formula is C9H12BrN. The molecule has 0 spiro atoms. The summed E-state index contributed by atoms with van der Waals surface area (Å²) in [6.07, 6.45) is 10.1. The average molecular weight is 214 g/mol. The summed E-state index contributed by atoms with van der Waals surface area (Å²) in [5.41, 5.74) is 6.83. The largest absolute Gasteiger partial charge is 0.319 e. The minimum Gasteiger partial charge on any atom is -0.319 e. The van der Waals surface area contributed by atoms with Gasteiger partial charge in [-0.25, -0.2) is 0 Å². The molecule has 2 N–H and O–H groups in total. The van der Waals surface area contributed by atoms with Gasteiger partial charge in [-0.2, -0.15) is 0 Å². The molecule has 0 heterocycles. The van der Waals surface area contributed by atoms with Crippen LogP contribution < -0.4 is 5.73 Å². The van der Waals surface area contributed by atoms with Gasteiger partial charge in [0.1, 0.15) is 0 Å². The van der Waals surface area contributed by atoms with E-state index in [0.29, 0.717) is 0 Å². The third kappa shape index (κ3) is 2.64. The SMILES string of the molecule is CC1(N)C=CC=C(CBr)C=C1. The van der Waals surface area contributed by atoms with Crippen LogP contribution in [0.3, 0.4) is 0 Å². The van der Waals surface area contributed by atoms with E-state index in [1.807, 2.05) is 25.2 Å². The molecule has 1 unspecified atom stereocenters. The molecule has 2 heteroatoms. The maximum atomic E-state index is 5.87. The van der Waals surface area contributed by atoms with E-state index in [-0.39, 0.29) is 5.54 Å². The van der Waals surface area contributed by atoms with Gasteiger partial charge in [-0.1, -0.05) is 46.3 Å². The fraction of sp³-hybridized carbons (Fsp3) is 0.333. The van der Waals surface area contributed by atoms with Crippen LogP contribution in [0.5, 0.6) is 0 Å². The minimum absolute atomic E-state index is 0.291. The van der Waals surface area contributed by atoms with Crippen molar-refractivity contribution in [1.29, 1.82) is 0 Å². The predicted molar refractivity (Wildman–Crippen MR) is 52.7 cm³/mol. The number of nitrogens with two attached hydrogens (primary N) is 1. The molecule has 1 aliphatic carbocycles. The maximum absolute atomic E-state index is 5.87. The van der Waals surface area contributed by atoms with Crippen LogP contribution in [0.4, 0.5) is 0 Å². The Bertz CT molecular complexity index is 224.